The van der Waals surface area contributed by atoms with E-state index in [1.54, 1.807) is 24.5 Å². The van der Waals surface area contributed by atoms with Crippen LogP contribution in [-0.2, 0) is 12.4 Å². The molecular formula is C21H12F6N4. The van der Waals surface area contributed by atoms with Crippen molar-refractivity contribution in [2.45, 2.75) is 12.4 Å². The number of nitrogens with zero attached hydrogens (tertiary/aromatic N) is 4. The highest BCUT2D eigenvalue weighted by molar-refractivity contribution is 5.63. The molecule has 4 nitrogen and oxygen atoms in total. The molecule has 0 aliphatic heterocycles. The highest BCUT2D eigenvalue weighted by Crippen LogP contribution is 2.35. The van der Waals surface area contributed by atoms with Crippen molar-refractivity contribution in [3.63, 3.8) is 0 Å². The first-order chi connectivity index (χ1) is 14.6. The molecule has 158 valence electrons. The number of imidazole rings is 1. The third-order valence-corrected chi connectivity index (χ3v) is 4.45. The molecule has 10 heteroatoms. The Morgan fingerprint density at radius 3 is 2.06 bits per heavy atom. The molecule has 0 unspecified atom stereocenters. The Labute approximate surface area is 171 Å². The van der Waals surface area contributed by atoms with Crippen LogP contribution in [-0.4, -0.2) is 19.5 Å². The number of alkyl halides is 6. The van der Waals surface area contributed by atoms with E-state index in [1.165, 1.54) is 17.1 Å². The van der Waals surface area contributed by atoms with E-state index >= 15 is 0 Å². The first-order valence-corrected chi connectivity index (χ1v) is 8.83. The fourth-order valence-corrected chi connectivity index (χ4v) is 2.90. The van der Waals surface area contributed by atoms with Crippen molar-refractivity contribution in [2.24, 2.45) is 0 Å². The van der Waals surface area contributed by atoms with E-state index in [0.717, 1.165) is 36.4 Å². The van der Waals surface area contributed by atoms with Crippen molar-refractivity contribution in [3.8, 4) is 28.3 Å². The van der Waals surface area contributed by atoms with E-state index in [1.807, 2.05) is 0 Å². The van der Waals surface area contributed by atoms with E-state index < -0.39 is 23.5 Å². The van der Waals surface area contributed by atoms with Gasteiger partial charge in [0.1, 0.15) is 12.1 Å². The number of pyridine rings is 2. The molecule has 0 spiro atoms. The Balaban J connectivity index is 1.78. The van der Waals surface area contributed by atoms with E-state index in [-0.39, 0.29) is 17.1 Å². The minimum absolute atomic E-state index is 0.0765. The van der Waals surface area contributed by atoms with Crippen LogP contribution in [0.2, 0.25) is 0 Å². The van der Waals surface area contributed by atoms with Crippen LogP contribution in [0.25, 0.3) is 28.3 Å². The smallest absolute Gasteiger partial charge is 0.290 e. The van der Waals surface area contributed by atoms with Gasteiger partial charge in [-0.15, -0.1) is 0 Å². The molecule has 3 heterocycles. The number of halogens is 6. The molecular weight excluding hydrogens is 422 g/mol. The summed E-state index contributed by atoms with van der Waals surface area (Å²) in [6.07, 6.45) is -3.29. The minimum Gasteiger partial charge on any atom is -0.290 e. The Morgan fingerprint density at radius 2 is 1.45 bits per heavy atom. The molecule has 0 atom stereocenters. The molecule has 0 radical (unpaired) electrons. The Morgan fingerprint density at radius 1 is 0.742 bits per heavy atom. The summed E-state index contributed by atoms with van der Waals surface area (Å²) in [5.41, 5.74) is -0.745. The zero-order chi connectivity index (χ0) is 22.2. The van der Waals surface area contributed by atoms with Crippen molar-refractivity contribution in [2.75, 3.05) is 0 Å². The van der Waals surface area contributed by atoms with Crippen LogP contribution in [0.3, 0.4) is 0 Å². The lowest BCUT2D eigenvalue weighted by Crippen LogP contribution is -2.08. The van der Waals surface area contributed by atoms with Crippen LogP contribution in [0.5, 0.6) is 0 Å². The van der Waals surface area contributed by atoms with Gasteiger partial charge in [-0.05, 0) is 36.4 Å². The van der Waals surface area contributed by atoms with Gasteiger partial charge in [0.15, 0.2) is 0 Å². The SMILES string of the molecule is FC(F)(F)c1ccc(-c2cc(C(F)(F)F)cc(-n3cnc(-c4cccnc4)c3)n2)cc1. The molecule has 1 aromatic carbocycles. The minimum atomic E-state index is -4.68. The topological polar surface area (TPSA) is 43.6 Å². The third kappa shape index (κ3) is 4.42. The van der Waals surface area contributed by atoms with Gasteiger partial charge in [0, 0.05) is 29.7 Å². The second kappa shape index (κ2) is 7.53. The zero-order valence-electron chi connectivity index (χ0n) is 15.5. The van der Waals surface area contributed by atoms with Gasteiger partial charge in [0.05, 0.1) is 22.5 Å². The van der Waals surface area contributed by atoms with Crippen molar-refractivity contribution in [1.82, 2.24) is 19.5 Å². The van der Waals surface area contributed by atoms with Crippen molar-refractivity contribution < 1.29 is 26.3 Å². The standard InChI is InChI=1S/C21H12F6N4/c22-20(23,24)15-5-3-13(4-6-15)17-8-16(21(25,26)27)9-19(30-17)31-11-18(29-12-31)14-2-1-7-28-10-14/h1-12H. The van der Waals surface area contributed by atoms with E-state index in [0.29, 0.717) is 11.3 Å². The Kier molecular flexibility index (Phi) is 5.00. The summed E-state index contributed by atoms with van der Waals surface area (Å²) in [4.78, 5) is 12.4. The highest BCUT2D eigenvalue weighted by atomic mass is 19.4. The van der Waals surface area contributed by atoms with Gasteiger partial charge >= 0.3 is 12.4 Å². The highest BCUT2D eigenvalue weighted by Gasteiger charge is 2.33. The molecule has 0 aliphatic rings. The van der Waals surface area contributed by atoms with Crippen LogP contribution in [0, 0.1) is 0 Å². The summed E-state index contributed by atoms with van der Waals surface area (Å²) in [5, 5.41) is 0. The summed E-state index contributed by atoms with van der Waals surface area (Å²) in [5.74, 6) is -0.0765. The molecule has 0 N–H and O–H groups in total. The number of hydrogen-bond donors (Lipinski definition) is 0. The summed E-state index contributed by atoms with van der Waals surface area (Å²) in [6, 6.07) is 8.86. The van der Waals surface area contributed by atoms with Crippen LogP contribution in [0.15, 0.2) is 73.4 Å². The van der Waals surface area contributed by atoms with Gasteiger partial charge in [0.2, 0.25) is 0 Å². The summed E-state index contributed by atoms with van der Waals surface area (Å²) in [7, 11) is 0. The molecule has 31 heavy (non-hydrogen) atoms. The van der Waals surface area contributed by atoms with E-state index in [4.69, 9.17) is 0 Å². The maximum atomic E-state index is 13.5. The van der Waals surface area contributed by atoms with Gasteiger partial charge < -0.3 is 0 Å². The first kappa shape index (κ1) is 20.6. The largest absolute Gasteiger partial charge is 0.416 e. The van der Waals surface area contributed by atoms with E-state index in [2.05, 4.69) is 15.0 Å². The number of hydrogen-bond acceptors (Lipinski definition) is 3. The van der Waals surface area contributed by atoms with Gasteiger partial charge in [0.25, 0.3) is 0 Å². The average Bonchev–Trinajstić information content (AvgIpc) is 3.23. The zero-order valence-corrected chi connectivity index (χ0v) is 15.5. The Hall–Kier alpha value is -3.69. The maximum absolute atomic E-state index is 13.5. The number of rotatable bonds is 3. The van der Waals surface area contributed by atoms with Gasteiger partial charge in [-0.1, -0.05) is 12.1 Å². The van der Waals surface area contributed by atoms with Crippen molar-refractivity contribution in [3.05, 3.63) is 84.6 Å². The third-order valence-electron chi connectivity index (χ3n) is 4.45. The fraction of sp³-hybridized carbons (Fsp3) is 0.0952. The molecule has 0 saturated heterocycles. The Bertz CT molecular complexity index is 1200. The van der Waals surface area contributed by atoms with E-state index in [9.17, 15) is 26.3 Å². The second-order valence-corrected chi connectivity index (χ2v) is 6.58. The van der Waals surface area contributed by atoms with Crippen molar-refractivity contribution >= 4 is 0 Å². The fourth-order valence-electron chi connectivity index (χ4n) is 2.90. The van der Waals surface area contributed by atoms with Gasteiger partial charge in [-0.2, -0.15) is 26.3 Å². The van der Waals surface area contributed by atoms with Crippen LogP contribution in [0.4, 0.5) is 26.3 Å². The lowest BCUT2D eigenvalue weighted by Gasteiger charge is -2.13. The molecule has 4 rings (SSSR count). The molecule has 0 fully saturated rings. The number of benzene rings is 1. The molecule has 0 amide bonds. The van der Waals surface area contributed by atoms with Crippen LogP contribution >= 0.6 is 0 Å². The quantitative estimate of drug-likeness (QED) is 0.370. The van der Waals surface area contributed by atoms with Gasteiger partial charge in [-0.3, -0.25) is 9.55 Å². The lowest BCUT2D eigenvalue weighted by molar-refractivity contribution is -0.138. The molecule has 0 bridgehead atoms. The van der Waals surface area contributed by atoms with Crippen LogP contribution < -0.4 is 0 Å². The summed E-state index contributed by atoms with van der Waals surface area (Å²) >= 11 is 0. The normalized spacial score (nSPS) is 12.2. The summed E-state index contributed by atoms with van der Waals surface area (Å²) < 4.78 is 80.1. The molecule has 3 aromatic heterocycles. The molecule has 4 aromatic rings. The molecule has 0 aliphatic carbocycles. The molecule has 0 saturated carbocycles. The summed E-state index contributed by atoms with van der Waals surface area (Å²) in [6.45, 7) is 0. The second-order valence-electron chi connectivity index (χ2n) is 6.58. The predicted octanol–water partition coefficient (Wildman–Crippen LogP) is 6.03. The van der Waals surface area contributed by atoms with Crippen LogP contribution in [0.1, 0.15) is 11.1 Å². The first-order valence-electron chi connectivity index (χ1n) is 8.83. The average molecular weight is 434 g/mol. The van der Waals surface area contributed by atoms with Gasteiger partial charge in [-0.25, -0.2) is 9.97 Å². The monoisotopic (exact) mass is 434 g/mol. The van der Waals surface area contributed by atoms with Crippen molar-refractivity contribution in [1.29, 1.82) is 0 Å². The lowest BCUT2D eigenvalue weighted by atomic mass is 10.1. The maximum Gasteiger partial charge on any atom is 0.416 e. The number of aromatic nitrogens is 4. The predicted molar refractivity (Wildman–Crippen MR) is 100 cm³/mol.